The first kappa shape index (κ1) is 15.0. The Hall–Kier alpha value is -2.08. The third-order valence-corrected chi connectivity index (χ3v) is 3.22. The highest BCUT2D eigenvalue weighted by atomic mass is 16.5. The van der Waals surface area contributed by atoms with Crippen molar-refractivity contribution in [1.82, 2.24) is 0 Å². The van der Waals surface area contributed by atoms with Gasteiger partial charge in [0, 0.05) is 5.92 Å². The summed E-state index contributed by atoms with van der Waals surface area (Å²) < 4.78 is 4.98. The Bertz CT molecular complexity index is 487. The number of benzene rings is 1. The zero-order chi connectivity index (χ0) is 14.3. The number of esters is 1. The van der Waals surface area contributed by atoms with Crippen LogP contribution in [0.15, 0.2) is 36.4 Å². The van der Waals surface area contributed by atoms with Gasteiger partial charge in [0.25, 0.3) is 0 Å². The molecule has 0 saturated carbocycles. The van der Waals surface area contributed by atoms with Crippen molar-refractivity contribution in [3.63, 3.8) is 0 Å². The Morgan fingerprint density at radius 2 is 2.11 bits per heavy atom. The molecule has 19 heavy (non-hydrogen) atoms. The summed E-state index contributed by atoms with van der Waals surface area (Å²) in [5, 5.41) is 9.27. The molecule has 0 N–H and O–H groups in total. The molecule has 3 nitrogen and oxygen atoms in total. The Kier molecular flexibility index (Phi) is 5.32. The van der Waals surface area contributed by atoms with Crippen molar-refractivity contribution < 1.29 is 9.53 Å². The molecular weight excluding hydrogens is 238 g/mol. The SMILES string of the molecule is CCOC(=O)[C@](C)(C#N)[C@H](C)/C=C/c1ccccc1. The van der Waals surface area contributed by atoms with Crippen LogP contribution in [0.4, 0.5) is 0 Å². The quantitative estimate of drug-likeness (QED) is 0.759. The molecule has 0 heterocycles. The summed E-state index contributed by atoms with van der Waals surface area (Å²) in [5.74, 6) is -0.695. The molecule has 1 aromatic carbocycles. The van der Waals surface area contributed by atoms with E-state index in [1.807, 2.05) is 49.4 Å². The van der Waals surface area contributed by atoms with Crippen molar-refractivity contribution in [3.8, 4) is 6.07 Å². The lowest BCUT2D eigenvalue weighted by molar-refractivity contribution is -0.152. The highest BCUT2D eigenvalue weighted by Gasteiger charge is 2.39. The van der Waals surface area contributed by atoms with Gasteiger partial charge in [-0.05, 0) is 19.4 Å². The number of nitrogens with zero attached hydrogens (tertiary/aromatic N) is 1. The number of allylic oxidation sites excluding steroid dienone is 1. The topological polar surface area (TPSA) is 50.1 Å². The largest absolute Gasteiger partial charge is 0.465 e. The monoisotopic (exact) mass is 257 g/mol. The van der Waals surface area contributed by atoms with E-state index >= 15 is 0 Å². The molecule has 0 aliphatic heterocycles. The first-order chi connectivity index (χ1) is 9.04. The zero-order valence-electron chi connectivity index (χ0n) is 11.6. The lowest BCUT2D eigenvalue weighted by atomic mass is 9.79. The Balaban J connectivity index is 2.86. The summed E-state index contributed by atoms with van der Waals surface area (Å²) >= 11 is 0. The van der Waals surface area contributed by atoms with Crippen LogP contribution >= 0.6 is 0 Å². The van der Waals surface area contributed by atoms with Gasteiger partial charge in [0.1, 0.15) is 0 Å². The maximum atomic E-state index is 11.9. The smallest absolute Gasteiger partial charge is 0.326 e. The summed E-state index contributed by atoms with van der Waals surface area (Å²) in [6, 6.07) is 11.8. The number of rotatable bonds is 5. The van der Waals surface area contributed by atoms with E-state index in [4.69, 9.17) is 4.74 Å². The van der Waals surface area contributed by atoms with Crippen LogP contribution in [0.2, 0.25) is 0 Å². The number of nitriles is 1. The van der Waals surface area contributed by atoms with E-state index in [0.717, 1.165) is 5.56 Å². The van der Waals surface area contributed by atoms with E-state index in [1.54, 1.807) is 13.8 Å². The number of carbonyl (C=O) groups is 1. The first-order valence-electron chi connectivity index (χ1n) is 6.36. The molecule has 0 aliphatic carbocycles. The lowest BCUT2D eigenvalue weighted by Crippen LogP contribution is -2.34. The van der Waals surface area contributed by atoms with E-state index in [2.05, 4.69) is 6.07 Å². The van der Waals surface area contributed by atoms with E-state index in [0.29, 0.717) is 0 Å². The average molecular weight is 257 g/mol. The van der Waals surface area contributed by atoms with Crippen LogP contribution in [0.5, 0.6) is 0 Å². The zero-order valence-corrected chi connectivity index (χ0v) is 11.6. The molecule has 3 heteroatoms. The summed E-state index contributed by atoms with van der Waals surface area (Å²) in [7, 11) is 0. The standard InChI is InChI=1S/C16H19NO2/c1-4-19-15(18)16(3,12-17)13(2)10-11-14-8-6-5-7-9-14/h5-11,13H,4H2,1-3H3/b11-10+/t13-,16-/m1/s1. The molecule has 0 saturated heterocycles. The predicted octanol–water partition coefficient (Wildman–Crippen LogP) is 3.43. The van der Waals surface area contributed by atoms with E-state index in [-0.39, 0.29) is 12.5 Å². The Labute approximate surface area is 114 Å². The molecule has 0 amide bonds. The fourth-order valence-electron chi connectivity index (χ4n) is 1.63. The van der Waals surface area contributed by atoms with Crippen LogP contribution in [0, 0.1) is 22.7 Å². The molecule has 0 unspecified atom stereocenters. The van der Waals surface area contributed by atoms with Crippen LogP contribution in [-0.4, -0.2) is 12.6 Å². The number of hydrogen-bond donors (Lipinski definition) is 0. The fourth-order valence-corrected chi connectivity index (χ4v) is 1.63. The third kappa shape index (κ3) is 3.69. The number of ether oxygens (including phenoxy) is 1. The van der Waals surface area contributed by atoms with Gasteiger partial charge in [-0.15, -0.1) is 0 Å². The second-order valence-electron chi connectivity index (χ2n) is 4.59. The van der Waals surface area contributed by atoms with Crippen molar-refractivity contribution in [1.29, 1.82) is 5.26 Å². The maximum Gasteiger partial charge on any atom is 0.326 e. The van der Waals surface area contributed by atoms with Crippen molar-refractivity contribution >= 4 is 12.0 Å². The molecule has 100 valence electrons. The fraction of sp³-hybridized carbons (Fsp3) is 0.375. The molecule has 0 aliphatic rings. The summed E-state index contributed by atoms with van der Waals surface area (Å²) in [6.45, 7) is 5.48. The molecule has 0 fully saturated rings. The molecule has 0 aromatic heterocycles. The highest BCUT2D eigenvalue weighted by molar-refractivity contribution is 5.80. The summed E-state index contributed by atoms with van der Waals surface area (Å²) in [5.41, 5.74) is -0.111. The van der Waals surface area contributed by atoms with Crippen molar-refractivity contribution in [3.05, 3.63) is 42.0 Å². The Morgan fingerprint density at radius 3 is 2.63 bits per heavy atom. The van der Waals surface area contributed by atoms with Gasteiger partial charge in [0.2, 0.25) is 0 Å². The van der Waals surface area contributed by atoms with Crippen LogP contribution < -0.4 is 0 Å². The van der Waals surface area contributed by atoms with Crippen LogP contribution in [0.3, 0.4) is 0 Å². The Morgan fingerprint density at radius 1 is 1.47 bits per heavy atom. The van der Waals surface area contributed by atoms with E-state index in [1.165, 1.54) is 0 Å². The molecule has 0 bridgehead atoms. The second kappa shape index (κ2) is 6.75. The molecular formula is C16H19NO2. The summed E-state index contributed by atoms with van der Waals surface area (Å²) in [4.78, 5) is 11.9. The summed E-state index contributed by atoms with van der Waals surface area (Å²) in [6.07, 6.45) is 3.79. The minimum absolute atomic E-state index is 0.225. The van der Waals surface area contributed by atoms with Crippen molar-refractivity contribution in [2.24, 2.45) is 11.3 Å². The molecule has 2 atom stereocenters. The molecule has 1 rings (SSSR count). The molecule has 1 aromatic rings. The molecule has 0 radical (unpaired) electrons. The van der Waals surface area contributed by atoms with Gasteiger partial charge < -0.3 is 4.74 Å². The predicted molar refractivity (Wildman–Crippen MR) is 75.0 cm³/mol. The van der Waals surface area contributed by atoms with Gasteiger partial charge >= 0.3 is 5.97 Å². The number of hydrogen-bond acceptors (Lipinski definition) is 3. The van der Waals surface area contributed by atoms with Gasteiger partial charge in [-0.25, -0.2) is 0 Å². The third-order valence-electron chi connectivity index (χ3n) is 3.22. The van der Waals surface area contributed by atoms with Gasteiger partial charge in [-0.2, -0.15) is 5.26 Å². The average Bonchev–Trinajstić information content (AvgIpc) is 2.45. The van der Waals surface area contributed by atoms with Gasteiger partial charge in [0.15, 0.2) is 5.41 Å². The highest BCUT2D eigenvalue weighted by Crippen LogP contribution is 2.29. The number of carbonyl (C=O) groups excluding carboxylic acids is 1. The lowest BCUT2D eigenvalue weighted by Gasteiger charge is -2.24. The normalized spacial score (nSPS) is 15.5. The molecule has 0 spiro atoms. The van der Waals surface area contributed by atoms with Gasteiger partial charge in [-0.3, -0.25) is 4.79 Å². The van der Waals surface area contributed by atoms with Crippen LogP contribution in [0.1, 0.15) is 26.3 Å². The van der Waals surface area contributed by atoms with Gasteiger partial charge in [0.05, 0.1) is 12.7 Å². The van der Waals surface area contributed by atoms with Crippen molar-refractivity contribution in [2.75, 3.05) is 6.61 Å². The van der Waals surface area contributed by atoms with E-state index < -0.39 is 11.4 Å². The maximum absolute atomic E-state index is 11.9. The first-order valence-corrected chi connectivity index (χ1v) is 6.36. The van der Waals surface area contributed by atoms with Crippen LogP contribution in [-0.2, 0) is 9.53 Å². The van der Waals surface area contributed by atoms with Crippen molar-refractivity contribution in [2.45, 2.75) is 20.8 Å². The van der Waals surface area contributed by atoms with E-state index in [9.17, 15) is 10.1 Å². The minimum Gasteiger partial charge on any atom is -0.465 e. The van der Waals surface area contributed by atoms with Crippen LogP contribution in [0.25, 0.3) is 6.08 Å². The minimum atomic E-state index is -1.15. The van der Waals surface area contributed by atoms with Gasteiger partial charge in [-0.1, -0.05) is 49.4 Å². The second-order valence-corrected chi connectivity index (χ2v) is 4.59.